The van der Waals surface area contributed by atoms with Crippen molar-refractivity contribution in [1.82, 2.24) is 14.8 Å². The molecule has 0 unspecified atom stereocenters. The fourth-order valence-corrected chi connectivity index (χ4v) is 0.645. The van der Waals surface area contributed by atoms with Crippen molar-refractivity contribution >= 4 is 6.20 Å². The van der Waals surface area contributed by atoms with Gasteiger partial charge < -0.3 is 0 Å². The van der Waals surface area contributed by atoms with Gasteiger partial charge in [-0.1, -0.05) is 24.3 Å². The van der Waals surface area contributed by atoms with Crippen LogP contribution in [0.5, 0.6) is 0 Å². The third-order valence-corrected chi connectivity index (χ3v) is 1.36. The van der Waals surface area contributed by atoms with Crippen molar-refractivity contribution in [2.75, 3.05) is 0 Å². The highest BCUT2D eigenvalue weighted by atomic mass is 15.3. The lowest BCUT2D eigenvalue weighted by atomic mass is 10.3. The largest absolute Gasteiger partial charge is 0.228 e. The maximum atomic E-state index is 3.90. The normalized spacial score (nSPS) is 12.2. The van der Waals surface area contributed by atoms with Crippen molar-refractivity contribution in [3.8, 4) is 0 Å². The molecule has 0 atom stereocenters. The van der Waals surface area contributed by atoms with E-state index in [2.05, 4.69) is 16.7 Å². The summed E-state index contributed by atoms with van der Waals surface area (Å²) in [7, 11) is 0. The molecule has 0 aliphatic rings. The van der Waals surface area contributed by atoms with Crippen molar-refractivity contribution in [2.24, 2.45) is 0 Å². The molecule has 0 aromatic carbocycles. The first kappa shape index (κ1) is 8.46. The van der Waals surface area contributed by atoms with Gasteiger partial charge in [0, 0.05) is 6.20 Å². The molecule has 0 saturated carbocycles. The molecule has 1 aromatic rings. The van der Waals surface area contributed by atoms with E-state index in [0.29, 0.717) is 0 Å². The zero-order valence-electron chi connectivity index (χ0n) is 7.01. The van der Waals surface area contributed by atoms with E-state index in [-0.39, 0.29) is 0 Å². The Labute approximate surface area is 71.7 Å². The second-order valence-electron chi connectivity index (χ2n) is 2.33. The average Bonchev–Trinajstić information content (AvgIpc) is 2.57. The number of rotatable bonds is 3. The molecule has 12 heavy (non-hydrogen) atoms. The van der Waals surface area contributed by atoms with E-state index < -0.39 is 0 Å². The van der Waals surface area contributed by atoms with Crippen LogP contribution in [-0.4, -0.2) is 14.8 Å². The first-order valence-corrected chi connectivity index (χ1v) is 3.64. The van der Waals surface area contributed by atoms with Gasteiger partial charge in [0.05, 0.1) is 0 Å². The van der Waals surface area contributed by atoms with Crippen LogP contribution in [0.2, 0.25) is 0 Å². The number of hydrogen-bond acceptors (Lipinski definition) is 2. The molecule has 1 heterocycles. The molecule has 3 nitrogen and oxygen atoms in total. The summed E-state index contributed by atoms with van der Waals surface area (Å²) in [6, 6.07) is 0. The third-order valence-electron chi connectivity index (χ3n) is 1.36. The molecule has 1 aromatic heterocycles. The molecule has 0 N–H and O–H groups in total. The van der Waals surface area contributed by atoms with Crippen LogP contribution in [0.1, 0.15) is 6.92 Å². The molecular formula is C9H11N3. The van der Waals surface area contributed by atoms with Crippen molar-refractivity contribution in [3.05, 3.63) is 43.0 Å². The number of hydrogen-bond donors (Lipinski definition) is 0. The smallest absolute Gasteiger partial charge is 0.138 e. The Balaban J connectivity index is 2.58. The topological polar surface area (TPSA) is 30.7 Å². The highest BCUT2D eigenvalue weighted by Gasteiger charge is 1.79. The van der Waals surface area contributed by atoms with Crippen molar-refractivity contribution in [1.29, 1.82) is 0 Å². The van der Waals surface area contributed by atoms with Gasteiger partial charge in [0.25, 0.3) is 0 Å². The lowest BCUT2D eigenvalue weighted by Crippen LogP contribution is -1.83. The zero-order valence-corrected chi connectivity index (χ0v) is 7.01. The van der Waals surface area contributed by atoms with Crippen LogP contribution in [0, 0.1) is 0 Å². The van der Waals surface area contributed by atoms with Crippen LogP contribution in [0.3, 0.4) is 0 Å². The molecule has 0 spiro atoms. The van der Waals surface area contributed by atoms with Gasteiger partial charge in [-0.25, -0.2) is 9.67 Å². The summed E-state index contributed by atoms with van der Waals surface area (Å²) in [6.45, 7) is 5.62. The minimum atomic E-state index is 1.12. The molecule has 0 aliphatic carbocycles. The average molecular weight is 161 g/mol. The van der Waals surface area contributed by atoms with E-state index in [1.807, 2.05) is 25.3 Å². The molecule has 0 amide bonds. The summed E-state index contributed by atoms with van der Waals surface area (Å²) < 4.78 is 1.63. The fourth-order valence-electron chi connectivity index (χ4n) is 0.645. The monoisotopic (exact) mass is 161 g/mol. The van der Waals surface area contributed by atoms with Crippen LogP contribution >= 0.6 is 0 Å². The van der Waals surface area contributed by atoms with Crippen molar-refractivity contribution < 1.29 is 0 Å². The van der Waals surface area contributed by atoms with E-state index in [1.54, 1.807) is 17.1 Å². The first-order chi connectivity index (χ1) is 5.83. The summed E-state index contributed by atoms with van der Waals surface area (Å²) in [5.41, 5.74) is 1.12. The van der Waals surface area contributed by atoms with E-state index in [4.69, 9.17) is 0 Å². The van der Waals surface area contributed by atoms with Crippen LogP contribution in [0.25, 0.3) is 6.20 Å². The minimum Gasteiger partial charge on any atom is -0.228 e. The predicted octanol–water partition coefficient (Wildman–Crippen LogP) is 1.88. The second-order valence-corrected chi connectivity index (χ2v) is 2.33. The van der Waals surface area contributed by atoms with Crippen molar-refractivity contribution in [3.63, 3.8) is 0 Å². The lowest BCUT2D eigenvalue weighted by Gasteiger charge is -1.86. The van der Waals surface area contributed by atoms with E-state index in [0.717, 1.165) is 5.57 Å². The van der Waals surface area contributed by atoms with E-state index in [1.165, 1.54) is 6.33 Å². The Morgan fingerprint density at radius 3 is 3.00 bits per heavy atom. The van der Waals surface area contributed by atoms with Gasteiger partial charge in [-0.3, -0.25) is 0 Å². The molecular weight excluding hydrogens is 150 g/mol. The number of aromatic nitrogens is 3. The van der Waals surface area contributed by atoms with Crippen LogP contribution in [0.15, 0.2) is 43.0 Å². The molecule has 0 radical (unpaired) electrons. The van der Waals surface area contributed by atoms with Gasteiger partial charge in [-0.15, -0.1) is 0 Å². The van der Waals surface area contributed by atoms with Crippen molar-refractivity contribution in [2.45, 2.75) is 6.92 Å². The molecule has 0 saturated heterocycles. The van der Waals surface area contributed by atoms with Gasteiger partial charge in [0.2, 0.25) is 0 Å². The summed E-state index contributed by atoms with van der Waals surface area (Å²) in [5, 5.41) is 3.90. The Morgan fingerprint density at radius 2 is 2.42 bits per heavy atom. The SMILES string of the molecule is C=C/C(C)=C\C=C\n1cncn1. The third kappa shape index (κ3) is 2.54. The molecule has 0 aliphatic heterocycles. The second kappa shape index (κ2) is 4.28. The fraction of sp³-hybridized carbons (Fsp3) is 0.111. The van der Waals surface area contributed by atoms with Gasteiger partial charge in [0.15, 0.2) is 0 Å². The summed E-state index contributed by atoms with van der Waals surface area (Å²) in [4.78, 5) is 3.80. The maximum Gasteiger partial charge on any atom is 0.138 e. The van der Waals surface area contributed by atoms with Crippen LogP contribution in [-0.2, 0) is 0 Å². The van der Waals surface area contributed by atoms with Gasteiger partial charge in [0.1, 0.15) is 12.7 Å². The summed E-state index contributed by atoms with van der Waals surface area (Å²) in [5.74, 6) is 0. The number of allylic oxidation sites excluding steroid dienone is 4. The van der Waals surface area contributed by atoms with E-state index in [9.17, 15) is 0 Å². The van der Waals surface area contributed by atoms with Crippen LogP contribution in [0.4, 0.5) is 0 Å². The highest BCUT2D eigenvalue weighted by Crippen LogP contribution is 1.93. The molecule has 0 bridgehead atoms. The summed E-state index contributed by atoms with van der Waals surface area (Å²) >= 11 is 0. The van der Waals surface area contributed by atoms with Gasteiger partial charge >= 0.3 is 0 Å². The Hall–Kier alpha value is -1.64. The Kier molecular flexibility index (Phi) is 3.02. The lowest BCUT2D eigenvalue weighted by molar-refractivity contribution is 0.934. The van der Waals surface area contributed by atoms with Gasteiger partial charge in [-0.2, -0.15) is 5.10 Å². The molecule has 62 valence electrons. The quantitative estimate of drug-likeness (QED) is 0.634. The highest BCUT2D eigenvalue weighted by molar-refractivity contribution is 5.29. The minimum absolute atomic E-state index is 1.12. The Morgan fingerprint density at radius 1 is 1.58 bits per heavy atom. The standard InChI is InChI=1S/C9H11N3/c1-3-9(2)5-4-6-12-8-10-7-11-12/h3-8H,1H2,2H3/b6-4+,9-5-. The molecule has 1 rings (SSSR count). The maximum absolute atomic E-state index is 3.90. The number of nitrogens with zero attached hydrogens (tertiary/aromatic N) is 3. The predicted molar refractivity (Wildman–Crippen MR) is 49.3 cm³/mol. The first-order valence-electron chi connectivity index (χ1n) is 3.64. The molecule has 0 fully saturated rings. The molecule has 3 heteroatoms. The Bertz CT molecular complexity index is 294. The summed E-state index contributed by atoms with van der Waals surface area (Å²) in [6.07, 6.45) is 10.6. The van der Waals surface area contributed by atoms with Gasteiger partial charge in [-0.05, 0) is 13.0 Å². The van der Waals surface area contributed by atoms with E-state index >= 15 is 0 Å². The zero-order chi connectivity index (χ0) is 8.81. The van der Waals surface area contributed by atoms with Crippen LogP contribution < -0.4 is 0 Å².